The van der Waals surface area contributed by atoms with Crippen molar-refractivity contribution in [2.75, 3.05) is 0 Å². The van der Waals surface area contributed by atoms with E-state index in [-0.39, 0.29) is 5.89 Å². The average molecular weight is 346 g/mol. The minimum atomic E-state index is -1.74. The van der Waals surface area contributed by atoms with Crippen LogP contribution in [-0.4, -0.2) is 10.1 Å². The average Bonchev–Trinajstić information content (AvgIpc) is 2.72. The molecule has 0 radical (unpaired) electrons. The van der Waals surface area contributed by atoms with Crippen molar-refractivity contribution in [2.24, 2.45) is 0 Å². The SMILES string of the molecule is Clc1cccc(Cl)c1Cc1noc(C(Cl)(Cl)Cl)n1. The van der Waals surface area contributed by atoms with Crippen molar-refractivity contribution in [2.45, 2.75) is 10.2 Å². The highest BCUT2D eigenvalue weighted by molar-refractivity contribution is 6.66. The molecule has 0 fully saturated rings. The fourth-order valence-electron chi connectivity index (χ4n) is 1.30. The number of benzene rings is 1. The standard InChI is InChI=1S/C10H5Cl5N2O/c11-6-2-1-3-7(12)5(6)4-8-16-9(18-17-8)10(13,14)15/h1-3H,4H2. The summed E-state index contributed by atoms with van der Waals surface area (Å²) in [6.45, 7) is 0. The number of alkyl halides is 3. The monoisotopic (exact) mass is 344 g/mol. The lowest BCUT2D eigenvalue weighted by Crippen LogP contribution is -2.01. The van der Waals surface area contributed by atoms with Crippen LogP contribution in [-0.2, 0) is 10.2 Å². The summed E-state index contributed by atoms with van der Waals surface area (Å²) in [6, 6.07) is 5.19. The van der Waals surface area contributed by atoms with Crippen LogP contribution in [0.3, 0.4) is 0 Å². The van der Waals surface area contributed by atoms with Gasteiger partial charge in [0.15, 0.2) is 5.82 Å². The lowest BCUT2D eigenvalue weighted by molar-refractivity contribution is 0.378. The molecule has 0 atom stereocenters. The van der Waals surface area contributed by atoms with Crippen molar-refractivity contribution in [3.63, 3.8) is 0 Å². The van der Waals surface area contributed by atoms with Crippen LogP contribution in [0.15, 0.2) is 22.7 Å². The number of hydrogen-bond acceptors (Lipinski definition) is 3. The Labute approximate surface area is 128 Å². The van der Waals surface area contributed by atoms with Gasteiger partial charge in [-0.25, -0.2) is 0 Å². The molecule has 0 N–H and O–H groups in total. The highest BCUT2D eigenvalue weighted by Gasteiger charge is 2.30. The van der Waals surface area contributed by atoms with Crippen LogP contribution in [0.4, 0.5) is 0 Å². The number of aromatic nitrogens is 2. The molecule has 0 aliphatic carbocycles. The quantitative estimate of drug-likeness (QED) is 0.734. The second kappa shape index (κ2) is 5.43. The van der Waals surface area contributed by atoms with E-state index in [1.807, 2.05) is 0 Å². The summed E-state index contributed by atoms with van der Waals surface area (Å²) in [5.41, 5.74) is 0.692. The zero-order chi connectivity index (χ0) is 13.3. The molecule has 0 aliphatic heterocycles. The molecule has 2 rings (SSSR count). The number of rotatable bonds is 2. The number of halogens is 5. The Balaban J connectivity index is 2.27. The molecule has 1 aromatic carbocycles. The fourth-order valence-corrected chi connectivity index (χ4v) is 2.06. The molecular formula is C10H5Cl5N2O. The first-order valence-corrected chi connectivity index (χ1v) is 6.59. The summed E-state index contributed by atoms with van der Waals surface area (Å²) in [5, 5.41) is 4.74. The highest BCUT2D eigenvalue weighted by atomic mass is 35.6. The molecule has 96 valence electrons. The predicted molar refractivity (Wildman–Crippen MR) is 72.8 cm³/mol. The Bertz CT molecular complexity index is 543. The molecule has 0 saturated heterocycles. The normalized spacial score (nSPS) is 11.8. The summed E-state index contributed by atoms with van der Waals surface area (Å²) in [7, 11) is 0. The molecule has 0 unspecified atom stereocenters. The van der Waals surface area contributed by atoms with E-state index in [4.69, 9.17) is 62.5 Å². The highest BCUT2D eigenvalue weighted by Crippen LogP contribution is 2.37. The second-order valence-electron chi connectivity index (χ2n) is 3.39. The molecule has 0 saturated carbocycles. The van der Waals surface area contributed by atoms with E-state index in [9.17, 15) is 0 Å². The van der Waals surface area contributed by atoms with Crippen molar-refractivity contribution >= 4 is 58.0 Å². The lowest BCUT2D eigenvalue weighted by atomic mass is 10.1. The molecule has 3 nitrogen and oxygen atoms in total. The van der Waals surface area contributed by atoms with Crippen LogP contribution in [0.25, 0.3) is 0 Å². The van der Waals surface area contributed by atoms with Gasteiger partial charge in [0.1, 0.15) is 0 Å². The lowest BCUT2D eigenvalue weighted by Gasteiger charge is -2.03. The van der Waals surface area contributed by atoms with Gasteiger partial charge in [0.2, 0.25) is 0 Å². The van der Waals surface area contributed by atoms with Gasteiger partial charge in [-0.05, 0) is 17.7 Å². The van der Waals surface area contributed by atoms with Gasteiger partial charge in [-0.1, -0.05) is 69.2 Å². The van der Waals surface area contributed by atoms with Crippen molar-refractivity contribution in [1.29, 1.82) is 0 Å². The predicted octanol–water partition coefficient (Wildman–Crippen LogP) is 4.79. The van der Waals surface area contributed by atoms with E-state index >= 15 is 0 Å². The topological polar surface area (TPSA) is 38.9 Å². The summed E-state index contributed by atoms with van der Waals surface area (Å²) < 4.78 is 3.10. The minimum absolute atomic E-state index is 0.0920. The third-order valence-electron chi connectivity index (χ3n) is 2.11. The Morgan fingerprint density at radius 3 is 2.22 bits per heavy atom. The van der Waals surface area contributed by atoms with Gasteiger partial charge in [-0.15, -0.1) is 0 Å². The van der Waals surface area contributed by atoms with E-state index in [1.165, 1.54) is 0 Å². The number of hydrogen-bond donors (Lipinski definition) is 0. The van der Waals surface area contributed by atoms with Crippen LogP contribution in [0.5, 0.6) is 0 Å². The summed E-state index contributed by atoms with van der Waals surface area (Å²) in [6.07, 6.45) is 0.294. The van der Waals surface area contributed by atoms with Crippen LogP contribution in [0.1, 0.15) is 17.3 Å². The third-order valence-corrected chi connectivity index (χ3v) is 3.30. The summed E-state index contributed by atoms with van der Waals surface area (Å²) in [4.78, 5) is 3.97. The largest absolute Gasteiger partial charge is 0.335 e. The zero-order valence-electron chi connectivity index (χ0n) is 8.63. The molecule has 0 amide bonds. The van der Waals surface area contributed by atoms with Crippen molar-refractivity contribution in [3.05, 3.63) is 45.5 Å². The molecule has 1 heterocycles. The summed E-state index contributed by atoms with van der Waals surface area (Å²) >= 11 is 28.9. The molecular weight excluding hydrogens is 341 g/mol. The molecule has 18 heavy (non-hydrogen) atoms. The van der Waals surface area contributed by atoms with Gasteiger partial charge in [0.05, 0.1) is 0 Å². The van der Waals surface area contributed by atoms with E-state index in [1.54, 1.807) is 18.2 Å². The van der Waals surface area contributed by atoms with Gasteiger partial charge >= 0.3 is 0 Å². The van der Waals surface area contributed by atoms with Gasteiger partial charge in [-0.2, -0.15) is 4.98 Å². The van der Waals surface area contributed by atoms with Crippen LogP contribution >= 0.6 is 58.0 Å². The summed E-state index contributed by atoms with van der Waals surface area (Å²) in [5.74, 6) is 0.247. The Morgan fingerprint density at radius 1 is 1.11 bits per heavy atom. The van der Waals surface area contributed by atoms with E-state index in [0.717, 1.165) is 0 Å². The zero-order valence-corrected chi connectivity index (χ0v) is 12.4. The van der Waals surface area contributed by atoms with Gasteiger partial charge < -0.3 is 4.52 Å². The van der Waals surface area contributed by atoms with E-state index in [0.29, 0.717) is 27.9 Å². The molecule has 0 spiro atoms. The smallest absolute Gasteiger partial charge is 0.278 e. The van der Waals surface area contributed by atoms with Gasteiger partial charge in [-0.3, -0.25) is 0 Å². The Hall–Kier alpha value is -0.190. The molecule has 0 bridgehead atoms. The molecule has 2 aromatic rings. The maximum Gasteiger partial charge on any atom is 0.278 e. The molecule has 0 aliphatic rings. The first-order valence-electron chi connectivity index (χ1n) is 4.70. The van der Waals surface area contributed by atoms with Crippen molar-refractivity contribution < 1.29 is 4.52 Å². The first-order chi connectivity index (χ1) is 8.38. The maximum absolute atomic E-state index is 6.03. The second-order valence-corrected chi connectivity index (χ2v) is 6.49. The maximum atomic E-state index is 6.03. The fraction of sp³-hybridized carbons (Fsp3) is 0.200. The van der Waals surface area contributed by atoms with Crippen molar-refractivity contribution in [3.8, 4) is 0 Å². The van der Waals surface area contributed by atoms with Gasteiger partial charge in [0.25, 0.3) is 9.68 Å². The van der Waals surface area contributed by atoms with Gasteiger partial charge in [0, 0.05) is 16.5 Å². The van der Waals surface area contributed by atoms with Crippen molar-refractivity contribution in [1.82, 2.24) is 10.1 Å². The van der Waals surface area contributed by atoms with E-state index in [2.05, 4.69) is 10.1 Å². The minimum Gasteiger partial charge on any atom is -0.335 e. The third kappa shape index (κ3) is 3.22. The first kappa shape index (κ1) is 14.2. The van der Waals surface area contributed by atoms with Crippen LogP contribution in [0.2, 0.25) is 10.0 Å². The Kier molecular flexibility index (Phi) is 4.29. The van der Waals surface area contributed by atoms with E-state index < -0.39 is 3.79 Å². The van der Waals surface area contributed by atoms with Crippen LogP contribution < -0.4 is 0 Å². The molecule has 1 aromatic heterocycles. The number of nitrogens with zero attached hydrogens (tertiary/aromatic N) is 2. The Morgan fingerprint density at radius 2 is 1.72 bits per heavy atom. The van der Waals surface area contributed by atoms with Crippen LogP contribution in [0, 0.1) is 0 Å². The molecule has 8 heteroatoms.